The molecule has 1 aliphatic rings. The van der Waals surface area contributed by atoms with Crippen molar-refractivity contribution < 1.29 is 9.26 Å². The van der Waals surface area contributed by atoms with Gasteiger partial charge >= 0.3 is 0 Å². The molecule has 1 aromatic carbocycles. The van der Waals surface area contributed by atoms with Crippen LogP contribution in [0.5, 0.6) is 0 Å². The summed E-state index contributed by atoms with van der Waals surface area (Å²) in [5.41, 5.74) is 2.46. The summed E-state index contributed by atoms with van der Waals surface area (Å²) in [6, 6.07) is 8.58. The number of aryl methyl sites for hydroxylation is 1. The molecule has 0 radical (unpaired) electrons. The maximum absolute atomic E-state index is 5.57. The normalized spacial score (nSPS) is 22.2. The van der Waals surface area contributed by atoms with E-state index in [1.165, 1.54) is 16.5 Å². The first kappa shape index (κ1) is 14.4. The van der Waals surface area contributed by atoms with Gasteiger partial charge in [-0.3, -0.25) is 4.90 Å². The summed E-state index contributed by atoms with van der Waals surface area (Å²) in [4.78, 5) is 10.1. The van der Waals surface area contributed by atoms with Gasteiger partial charge in [-0.1, -0.05) is 23.4 Å². The highest BCUT2D eigenvalue weighted by atomic mass is 16.5. The molecule has 0 amide bonds. The molecule has 0 spiro atoms. The Morgan fingerprint density at radius 1 is 1.39 bits per heavy atom. The number of rotatable bonds is 4. The summed E-state index contributed by atoms with van der Waals surface area (Å²) in [5.74, 6) is 1.35. The number of hydrogen-bond acceptors (Lipinski definition) is 5. The Bertz CT molecular complexity index is 810. The van der Waals surface area contributed by atoms with E-state index in [2.05, 4.69) is 44.3 Å². The lowest BCUT2D eigenvalue weighted by Gasteiger charge is -2.21. The van der Waals surface area contributed by atoms with Crippen molar-refractivity contribution in [3.05, 3.63) is 47.7 Å². The lowest BCUT2D eigenvalue weighted by Crippen LogP contribution is -2.25. The van der Waals surface area contributed by atoms with Crippen LogP contribution in [-0.2, 0) is 11.3 Å². The van der Waals surface area contributed by atoms with Gasteiger partial charge in [0.1, 0.15) is 0 Å². The Morgan fingerprint density at radius 3 is 3.09 bits per heavy atom. The van der Waals surface area contributed by atoms with Gasteiger partial charge in [0.25, 0.3) is 0 Å². The number of methoxy groups -OCH3 is 1. The van der Waals surface area contributed by atoms with Gasteiger partial charge in [-0.15, -0.1) is 0 Å². The predicted octanol–water partition coefficient (Wildman–Crippen LogP) is 2.82. The Labute approximate surface area is 134 Å². The van der Waals surface area contributed by atoms with E-state index >= 15 is 0 Å². The second-order valence-corrected chi connectivity index (χ2v) is 6.08. The number of hydrogen-bond donors (Lipinski definition) is 1. The summed E-state index contributed by atoms with van der Waals surface area (Å²) in [6.07, 6.45) is 3.04. The van der Waals surface area contributed by atoms with Crippen molar-refractivity contribution in [1.82, 2.24) is 20.0 Å². The third-order valence-electron chi connectivity index (χ3n) is 4.57. The molecule has 2 atom stereocenters. The van der Waals surface area contributed by atoms with Gasteiger partial charge in [-0.05, 0) is 30.4 Å². The van der Waals surface area contributed by atoms with Gasteiger partial charge in [0.05, 0.1) is 12.1 Å². The van der Waals surface area contributed by atoms with Crippen molar-refractivity contribution in [3.63, 3.8) is 0 Å². The molecule has 0 saturated carbocycles. The first-order chi connectivity index (χ1) is 11.2. The molecule has 23 heavy (non-hydrogen) atoms. The summed E-state index contributed by atoms with van der Waals surface area (Å²) in [6.45, 7) is 3.53. The van der Waals surface area contributed by atoms with Crippen molar-refractivity contribution in [3.8, 4) is 0 Å². The molecule has 1 aliphatic heterocycles. The molecule has 0 bridgehead atoms. The van der Waals surface area contributed by atoms with Crippen molar-refractivity contribution in [2.75, 3.05) is 13.7 Å². The van der Waals surface area contributed by atoms with E-state index in [0.29, 0.717) is 11.7 Å². The largest absolute Gasteiger partial charge is 0.380 e. The summed E-state index contributed by atoms with van der Waals surface area (Å²) >= 11 is 0. The molecule has 120 valence electrons. The van der Waals surface area contributed by atoms with E-state index in [4.69, 9.17) is 9.26 Å². The summed E-state index contributed by atoms with van der Waals surface area (Å²) in [5, 5.41) is 5.17. The van der Waals surface area contributed by atoms with E-state index in [-0.39, 0.29) is 12.1 Å². The fraction of sp³-hybridized carbons (Fsp3) is 0.412. The smallest absolute Gasteiger partial charge is 0.244 e. The molecule has 1 saturated heterocycles. The number of para-hydroxylation sites is 1. The number of likely N-dealkylation sites (tertiary alicyclic amines) is 1. The second kappa shape index (κ2) is 5.79. The SMILES string of the molecule is CO[C@@H]1C[C@H](c2nc(C)no2)N(Cc2cccc3cc[nH]c23)C1. The minimum atomic E-state index is 0.103. The zero-order valence-corrected chi connectivity index (χ0v) is 13.3. The summed E-state index contributed by atoms with van der Waals surface area (Å²) in [7, 11) is 1.76. The molecule has 0 aliphatic carbocycles. The molecule has 6 heteroatoms. The lowest BCUT2D eigenvalue weighted by atomic mass is 10.1. The molecule has 6 nitrogen and oxygen atoms in total. The third kappa shape index (κ3) is 2.64. The van der Waals surface area contributed by atoms with Crippen LogP contribution in [0.2, 0.25) is 0 Å². The molecule has 2 aromatic heterocycles. The van der Waals surface area contributed by atoms with Crippen LogP contribution in [0.3, 0.4) is 0 Å². The number of fused-ring (bicyclic) bond motifs is 1. The molecule has 1 fully saturated rings. The average Bonchev–Trinajstić information content (AvgIpc) is 3.26. The number of nitrogens with one attached hydrogen (secondary N) is 1. The maximum atomic E-state index is 5.57. The van der Waals surface area contributed by atoms with Crippen LogP contribution < -0.4 is 0 Å². The molecular weight excluding hydrogens is 292 g/mol. The standard InChI is InChI=1S/C17H20N4O2/c1-11-19-17(23-20-11)15-8-14(22-2)10-21(15)9-13-5-3-4-12-6-7-18-16(12)13/h3-7,14-15,18H,8-10H2,1-2H3/t14-,15-/m1/s1. The quantitative estimate of drug-likeness (QED) is 0.802. The number of aromatic amines is 1. The second-order valence-electron chi connectivity index (χ2n) is 6.08. The van der Waals surface area contributed by atoms with E-state index in [0.717, 1.165) is 19.5 Å². The zero-order valence-electron chi connectivity index (χ0n) is 13.3. The minimum Gasteiger partial charge on any atom is -0.380 e. The molecule has 4 rings (SSSR count). The van der Waals surface area contributed by atoms with Crippen molar-refractivity contribution in [1.29, 1.82) is 0 Å². The molecule has 0 unspecified atom stereocenters. The van der Waals surface area contributed by atoms with Crippen LogP contribution in [0, 0.1) is 6.92 Å². The van der Waals surface area contributed by atoms with Crippen molar-refractivity contribution >= 4 is 10.9 Å². The van der Waals surface area contributed by atoms with Crippen molar-refractivity contribution in [2.45, 2.75) is 32.0 Å². The van der Waals surface area contributed by atoms with Crippen LogP contribution in [0.15, 0.2) is 35.0 Å². The molecular formula is C17H20N4O2. The zero-order chi connectivity index (χ0) is 15.8. The first-order valence-corrected chi connectivity index (χ1v) is 7.86. The van der Waals surface area contributed by atoms with Gasteiger partial charge < -0.3 is 14.2 Å². The Balaban J connectivity index is 1.64. The highest BCUT2D eigenvalue weighted by molar-refractivity contribution is 5.82. The lowest BCUT2D eigenvalue weighted by molar-refractivity contribution is 0.107. The van der Waals surface area contributed by atoms with E-state index in [1.54, 1.807) is 7.11 Å². The van der Waals surface area contributed by atoms with E-state index in [9.17, 15) is 0 Å². The Kier molecular flexibility index (Phi) is 3.63. The predicted molar refractivity (Wildman–Crippen MR) is 85.9 cm³/mol. The highest BCUT2D eigenvalue weighted by Gasteiger charge is 2.36. The maximum Gasteiger partial charge on any atom is 0.244 e. The average molecular weight is 312 g/mol. The Hall–Kier alpha value is -2.18. The Morgan fingerprint density at radius 2 is 2.30 bits per heavy atom. The number of H-pyrrole nitrogens is 1. The molecule has 3 heterocycles. The van der Waals surface area contributed by atoms with Crippen LogP contribution in [0.4, 0.5) is 0 Å². The van der Waals surface area contributed by atoms with E-state index in [1.807, 2.05) is 13.1 Å². The number of benzene rings is 1. The topological polar surface area (TPSA) is 67.2 Å². The van der Waals surface area contributed by atoms with Crippen molar-refractivity contribution in [2.24, 2.45) is 0 Å². The van der Waals surface area contributed by atoms with Gasteiger partial charge in [-0.25, -0.2) is 0 Å². The number of aromatic nitrogens is 3. The highest BCUT2D eigenvalue weighted by Crippen LogP contribution is 2.34. The summed E-state index contributed by atoms with van der Waals surface area (Å²) < 4.78 is 11.0. The van der Waals surface area contributed by atoms with Gasteiger partial charge in [0.15, 0.2) is 5.82 Å². The van der Waals surface area contributed by atoms with Crippen LogP contribution in [-0.4, -0.2) is 39.8 Å². The van der Waals surface area contributed by atoms with Crippen LogP contribution >= 0.6 is 0 Å². The fourth-order valence-corrected chi connectivity index (χ4v) is 3.41. The number of ether oxygens (including phenoxy) is 1. The number of nitrogens with zero attached hydrogens (tertiary/aromatic N) is 3. The van der Waals surface area contributed by atoms with Gasteiger partial charge in [-0.2, -0.15) is 4.98 Å². The van der Waals surface area contributed by atoms with Crippen LogP contribution in [0.1, 0.15) is 29.7 Å². The van der Waals surface area contributed by atoms with Gasteiger partial charge in [0.2, 0.25) is 5.89 Å². The monoisotopic (exact) mass is 312 g/mol. The van der Waals surface area contributed by atoms with Gasteiger partial charge in [0, 0.05) is 31.9 Å². The van der Waals surface area contributed by atoms with E-state index < -0.39 is 0 Å². The molecule has 1 N–H and O–H groups in total. The third-order valence-corrected chi connectivity index (χ3v) is 4.57. The first-order valence-electron chi connectivity index (χ1n) is 7.86. The fourth-order valence-electron chi connectivity index (χ4n) is 3.41. The minimum absolute atomic E-state index is 0.103. The molecule has 3 aromatic rings. The van der Waals surface area contributed by atoms with Crippen LogP contribution in [0.25, 0.3) is 10.9 Å².